The molecule has 4 nitrogen and oxygen atoms in total. The Bertz CT molecular complexity index is 306. The molecule has 0 saturated carbocycles. The second kappa shape index (κ2) is 10.5. The van der Waals surface area contributed by atoms with Gasteiger partial charge in [-0.15, -0.1) is 0 Å². The maximum atomic E-state index is 12.4. The summed E-state index contributed by atoms with van der Waals surface area (Å²) in [6.45, 7) is 2.08. The van der Waals surface area contributed by atoms with Crippen LogP contribution in [-0.2, 0) is 4.79 Å². The molecule has 0 radical (unpaired) electrons. The molecule has 0 spiro atoms. The molecule has 2 aliphatic heterocycles. The molecule has 2 amide bonds. The van der Waals surface area contributed by atoms with E-state index in [1.807, 2.05) is 0 Å². The molecule has 110 valence electrons. The van der Waals surface area contributed by atoms with Gasteiger partial charge in [0.25, 0.3) is 11.2 Å². The molecule has 0 bridgehead atoms. The van der Waals surface area contributed by atoms with E-state index in [1.165, 1.54) is 11.3 Å². The van der Waals surface area contributed by atoms with Gasteiger partial charge < -0.3 is 14.6 Å². The first-order valence-corrected chi connectivity index (χ1v) is 6.88. The summed E-state index contributed by atoms with van der Waals surface area (Å²) in [6, 6.07) is 0. The van der Waals surface area contributed by atoms with Gasteiger partial charge >= 0.3 is 51.4 Å². The molecule has 0 aliphatic carbocycles. The number of amides is 2. The van der Waals surface area contributed by atoms with Crippen LogP contribution in [0.2, 0.25) is 0 Å². The van der Waals surface area contributed by atoms with E-state index in [9.17, 15) is 18.4 Å². The number of hydrogen-bond acceptors (Lipinski definition) is 2. The van der Waals surface area contributed by atoms with Gasteiger partial charge in [0.15, 0.2) is 0 Å². The minimum Gasteiger partial charge on any atom is -0.520 e. The minimum atomic E-state index is -2.56. The van der Waals surface area contributed by atoms with Gasteiger partial charge in [0.2, 0.25) is 0 Å². The molecule has 0 aromatic rings. The summed E-state index contributed by atoms with van der Waals surface area (Å²) in [5.41, 5.74) is 0. The summed E-state index contributed by atoms with van der Waals surface area (Å²) >= 11 is 3.73. The van der Waals surface area contributed by atoms with E-state index in [0.29, 0.717) is 0 Å². The van der Waals surface area contributed by atoms with Gasteiger partial charge in [0.05, 0.1) is 0 Å². The summed E-state index contributed by atoms with van der Waals surface area (Å²) in [5.74, 6) is -2.56. The van der Waals surface area contributed by atoms with Gasteiger partial charge in [-0.3, -0.25) is 4.79 Å². The zero-order valence-electron chi connectivity index (χ0n) is 11.8. The van der Waals surface area contributed by atoms with Crippen molar-refractivity contribution in [3.05, 3.63) is 0 Å². The van der Waals surface area contributed by atoms with Crippen molar-refractivity contribution in [2.45, 2.75) is 38.0 Å². The van der Waals surface area contributed by atoms with Crippen LogP contribution in [0.5, 0.6) is 0 Å². The van der Waals surface area contributed by atoms with Gasteiger partial charge in [0.1, 0.15) is 0 Å². The second-order valence-electron chi connectivity index (χ2n) is 4.76. The summed E-state index contributed by atoms with van der Waals surface area (Å²) in [6.07, 6.45) is 4.70. The zero-order chi connectivity index (χ0) is 14.3. The quantitative estimate of drug-likeness (QED) is 0.392. The van der Waals surface area contributed by atoms with E-state index in [2.05, 4.69) is 12.6 Å². The van der Waals surface area contributed by atoms with Gasteiger partial charge in [-0.25, -0.2) is 8.78 Å². The Morgan fingerprint density at radius 2 is 1.55 bits per heavy atom. The van der Waals surface area contributed by atoms with Crippen LogP contribution in [0, 0.1) is 0 Å². The molecule has 8 heteroatoms. The van der Waals surface area contributed by atoms with Gasteiger partial charge in [-0.1, -0.05) is 12.6 Å². The largest absolute Gasteiger partial charge is 1.00 e. The van der Waals surface area contributed by atoms with Crippen LogP contribution in [0.4, 0.5) is 13.6 Å². The molecule has 2 aliphatic rings. The normalized spacial score (nSPS) is 21.1. The van der Waals surface area contributed by atoms with Crippen LogP contribution in [-0.4, -0.2) is 53.6 Å². The van der Waals surface area contributed by atoms with Crippen LogP contribution in [0.1, 0.15) is 32.1 Å². The number of piperidine rings is 2. The van der Waals surface area contributed by atoms with E-state index >= 15 is 0 Å². The van der Waals surface area contributed by atoms with Crippen LogP contribution in [0.15, 0.2) is 0 Å². The number of hydrogen-bond donors (Lipinski definition) is 1. The third kappa shape index (κ3) is 8.28. The predicted molar refractivity (Wildman–Crippen MR) is 71.3 cm³/mol. The average Bonchev–Trinajstić information content (AvgIpc) is 2.40. The summed E-state index contributed by atoms with van der Waals surface area (Å²) < 4.78 is 24.7. The number of nitrogens with zero attached hydrogens (tertiary/aromatic N) is 2. The maximum Gasteiger partial charge on any atom is 1.00 e. The molecule has 0 aromatic carbocycles. The molecule has 0 atom stereocenters. The first kappa shape index (κ1) is 20.8. The van der Waals surface area contributed by atoms with Gasteiger partial charge in [-0.05, 0) is 32.4 Å². The number of alkyl halides is 2. The van der Waals surface area contributed by atoms with Gasteiger partial charge in [0, 0.05) is 25.9 Å². The van der Waals surface area contributed by atoms with Crippen LogP contribution < -0.4 is 51.4 Å². The van der Waals surface area contributed by atoms with Crippen molar-refractivity contribution in [3.63, 3.8) is 0 Å². The molecule has 2 saturated heterocycles. The fourth-order valence-corrected chi connectivity index (χ4v) is 2.21. The van der Waals surface area contributed by atoms with E-state index in [-0.39, 0.29) is 82.6 Å². The number of likely N-dealkylation sites (tertiary alicyclic amines) is 2. The van der Waals surface area contributed by atoms with E-state index in [1.54, 1.807) is 11.3 Å². The third-order valence-electron chi connectivity index (χ3n) is 3.25. The molecule has 0 unspecified atom stereocenters. The van der Waals surface area contributed by atoms with E-state index in [0.717, 1.165) is 25.9 Å². The van der Waals surface area contributed by atoms with Crippen molar-refractivity contribution >= 4 is 24.3 Å². The molecule has 2 heterocycles. The second-order valence-corrected chi connectivity index (χ2v) is 5.15. The number of carbonyl (C=O) groups excluding carboxylic acids is 2. The Morgan fingerprint density at radius 1 is 1.05 bits per heavy atom. The van der Waals surface area contributed by atoms with Crippen LogP contribution >= 0.6 is 12.6 Å². The average molecular weight is 332 g/mol. The topological polar surface area (TPSA) is 40.6 Å². The third-order valence-corrected chi connectivity index (χ3v) is 3.53. The molecule has 2 fully saturated rings. The zero-order valence-corrected chi connectivity index (χ0v) is 15.8. The van der Waals surface area contributed by atoms with Crippen molar-refractivity contribution in [2.75, 3.05) is 26.2 Å². The fourth-order valence-electron chi connectivity index (χ4n) is 2.01. The number of rotatable bonds is 1. The van der Waals surface area contributed by atoms with Crippen molar-refractivity contribution in [1.82, 2.24) is 9.80 Å². The summed E-state index contributed by atoms with van der Waals surface area (Å²) in [5, 5.41) is -0.0744. The van der Waals surface area contributed by atoms with Crippen molar-refractivity contribution in [2.24, 2.45) is 0 Å². The first-order chi connectivity index (χ1) is 8.94. The maximum absolute atomic E-state index is 12.4. The number of carbonyl (C=O) groups is 1. The Labute approximate surface area is 166 Å². The Morgan fingerprint density at radius 3 is 1.90 bits per heavy atom. The molecular weight excluding hydrogens is 313 g/mol. The van der Waals surface area contributed by atoms with Gasteiger partial charge in [-0.2, -0.15) is 6.41 Å². The van der Waals surface area contributed by atoms with Crippen molar-refractivity contribution in [1.29, 1.82) is 0 Å². The summed E-state index contributed by atoms with van der Waals surface area (Å²) in [4.78, 5) is 23.5. The molecular formula is C12H19F2KN2O2S. The van der Waals surface area contributed by atoms with Crippen molar-refractivity contribution < 1.29 is 69.8 Å². The van der Waals surface area contributed by atoms with Crippen LogP contribution in [0.3, 0.4) is 0 Å². The smallest absolute Gasteiger partial charge is 0.520 e. The SMILES string of the molecule is O=C(S)N1CCCCC1.O=[C-]N1CCC(F)(F)CC1.[K+]. The van der Waals surface area contributed by atoms with E-state index in [4.69, 9.17) is 0 Å². The molecule has 0 aromatic heterocycles. The number of thiol groups is 1. The monoisotopic (exact) mass is 332 g/mol. The van der Waals surface area contributed by atoms with Crippen molar-refractivity contribution in [3.8, 4) is 0 Å². The Balaban J connectivity index is 0.000000345. The molecule has 0 N–H and O–H groups in total. The summed E-state index contributed by atoms with van der Waals surface area (Å²) in [7, 11) is 0. The Kier molecular flexibility index (Phi) is 10.9. The standard InChI is InChI=1S/C6H8F2NO.C6H11NOS.K/c7-6(8)1-3-9(5-10)4-2-6;8-6(9)7-4-2-1-3-5-7;/h1-4H2;1-5H2,(H,8,9);/q-1;;+1. The molecule has 20 heavy (non-hydrogen) atoms. The fraction of sp³-hybridized carbons (Fsp3) is 0.833. The molecule has 2 rings (SSSR count). The predicted octanol–water partition coefficient (Wildman–Crippen LogP) is -0.689. The Hall–Kier alpha value is 0.786. The number of halogens is 2. The van der Waals surface area contributed by atoms with Crippen LogP contribution in [0.25, 0.3) is 0 Å². The van der Waals surface area contributed by atoms with E-state index < -0.39 is 5.92 Å². The minimum absolute atomic E-state index is 0. The first-order valence-electron chi connectivity index (χ1n) is 6.43.